The van der Waals surface area contributed by atoms with Gasteiger partial charge in [0.15, 0.2) is 0 Å². The van der Waals surface area contributed by atoms with Gasteiger partial charge in [0.2, 0.25) is 0 Å². The van der Waals surface area contributed by atoms with Crippen molar-refractivity contribution >= 4 is 96.5 Å². The van der Waals surface area contributed by atoms with E-state index in [-0.39, 0.29) is 18.2 Å². The number of fused-ring (bicyclic) bond motifs is 1. The van der Waals surface area contributed by atoms with Gasteiger partial charge in [0, 0.05) is 26.4 Å². The molecule has 0 aliphatic rings. The third kappa shape index (κ3) is 4.30. The topological polar surface area (TPSA) is 85.3 Å². The molecule has 27 heavy (non-hydrogen) atoms. The molecule has 3 rings (SSSR count). The van der Waals surface area contributed by atoms with Crippen LogP contribution in [0.3, 0.4) is 0 Å². The molecular formula is C17H11Br5N2O3. The number of amides is 1. The van der Waals surface area contributed by atoms with Gasteiger partial charge in [-0.1, -0.05) is 0 Å². The van der Waals surface area contributed by atoms with Crippen LogP contribution in [0.2, 0.25) is 0 Å². The average molecular weight is 691 g/mol. The molecule has 0 aliphatic heterocycles. The minimum atomic E-state index is -0.939. The van der Waals surface area contributed by atoms with E-state index in [4.69, 9.17) is 0 Å². The molecule has 0 radical (unpaired) electrons. The minimum absolute atomic E-state index is 0.00909. The molecule has 2 aromatic carbocycles. The number of aliphatic hydroxyl groups is 1. The Kier molecular flexibility index (Phi) is 6.75. The van der Waals surface area contributed by atoms with E-state index in [9.17, 15) is 15.0 Å². The molecule has 1 aromatic heterocycles. The van der Waals surface area contributed by atoms with Gasteiger partial charge < -0.3 is 20.5 Å². The highest BCUT2D eigenvalue weighted by atomic mass is 79.9. The fourth-order valence-corrected chi connectivity index (χ4v) is 5.57. The van der Waals surface area contributed by atoms with Gasteiger partial charge in [0.05, 0.1) is 19.5 Å². The predicted molar refractivity (Wildman–Crippen MR) is 122 cm³/mol. The Morgan fingerprint density at radius 1 is 1.04 bits per heavy atom. The van der Waals surface area contributed by atoms with Gasteiger partial charge >= 0.3 is 0 Å². The van der Waals surface area contributed by atoms with E-state index >= 15 is 0 Å². The Bertz CT molecular complexity index is 1030. The van der Waals surface area contributed by atoms with E-state index in [0.717, 1.165) is 19.8 Å². The predicted octanol–water partition coefficient (Wildman–Crippen LogP) is 6.15. The molecule has 0 saturated carbocycles. The van der Waals surface area contributed by atoms with Gasteiger partial charge in [-0.05, 0) is 109 Å². The molecule has 0 aliphatic carbocycles. The summed E-state index contributed by atoms with van der Waals surface area (Å²) < 4.78 is 3.24. The number of benzene rings is 2. The van der Waals surface area contributed by atoms with Crippen LogP contribution in [0, 0.1) is 0 Å². The Morgan fingerprint density at radius 2 is 1.67 bits per heavy atom. The van der Waals surface area contributed by atoms with Crippen molar-refractivity contribution in [2.24, 2.45) is 0 Å². The molecule has 0 bridgehead atoms. The number of nitrogens with one attached hydrogen (secondary N) is 2. The first-order valence-corrected chi connectivity index (χ1v) is 11.5. The Hall–Kier alpha value is -0.390. The van der Waals surface area contributed by atoms with Crippen molar-refractivity contribution < 1.29 is 15.0 Å². The number of aliphatic hydroxyl groups excluding tert-OH is 1. The Morgan fingerprint density at radius 3 is 2.30 bits per heavy atom. The largest absolute Gasteiger partial charge is 0.506 e. The summed E-state index contributed by atoms with van der Waals surface area (Å²) in [4.78, 5) is 15.7. The molecule has 1 heterocycles. The van der Waals surface area contributed by atoms with Gasteiger partial charge in [-0.2, -0.15) is 0 Å². The van der Waals surface area contributed by atoms with Crippen molar-refractivity contribution in [3.05, 3.63) is 57.9 Å². The second-order valence-electron chi connectivity index (χ2n) is 5.66. The van der Waals surface area contributed by atoms with Crippen molar-refractivity contribution in [1.29, 1.82) is 0 Å². The Labute approximate surface area is 196 Å². The smallest absolute Gasteiger partial charge is 0.269 e. The number of phenolic OH excluding ortho intramolecular Hbond substituents is 1. The number of hydrogen-bond acceptors (Lipinski definition) is 3. The van der Waals surface area contributed by atoms with Crippen LogP contribution in [-0.2, 0) is 0 Å². The van der Waals surface area contributed by atoms with Crippen molar-refractivity contribution in [2.45, 2.75) is 6.10 Å². The van der Waals surface area contributed by atoms with Gasteiger partial charge in [0.1, 0.15) is 11.4 Å². The summed E-state index contributed by atoms with van der Waals surface area (Å²) >= 11 is 16.9. The van der Waals surface area contributed by atoms with E-state index in [1.165, 1.54) is 0 Å². The van der Waals surface area contributed by atoms with E-state index < -0.39 is 6.10 Å². The van der Waals surface area contributed by atoms with Crippen LogP contribution in [-0.4, -0.2) is 27.6 Å². The number of aromatic hydroxyl groups is 1. The number of rotatable bonds is 4. The number of aromatic amines is 1. The van der Waals surface area contributed by atoms with Crippen molar-refractivity contribution in [1.82, 2.24) is 10.3 Å². The molecule has 3 aromatic rings. The zero-order chi connectivity index (χ0) is 19.9. The average Bonchev–Trinajstić information content (AvgIpc) is 2.97. The summed E-state index contributed by atoms with van der Waals surface area (Å²) in [6.45, 7) is 0.00909. The monoisotopic (exact) mass is 686 g/mol. The third-order valence-corrected chi connectivity index (χ3v) is 7.92. The molecule has 0 unspecified atom stereocenters. The lowest BCUT2D eigenvalue weighted by molar-refractivity contribution is 0.0911. The zero-order valence-electron chi connectivity index (χ0n) is 13.3. The zero-order valence-corrected chi connectivity index (χ0v) is 21.2. The lowest BCUT2D eigenvalue weighted by Crippen LogP contribution is -2.28. The molecule has 0 saturated heterocycles. The molecular weight excluding hydrogens is 680 g/mol. The molecule has 1 amide bonds. The van der Waals surface area contributed by atoms with E-state index in [2.05, 4.69) is 90.0 Å². The van der Waals surface area contributed by atoms with Crippen LogP contribution < -0.4 is 5.32 Å². The first-order valence-electron chi connectivity index (χ1n) is 7.50. The maximum Gasteiger partial charge on any atom is 0.269 e. The van der Waals surface area contributed by atoms with Crippen molar-refractivity contribution in [3.8, 4) is 5.75 Å². The standard InChI is InChI=1S/C17H11Br5N2O3/c18-7-1-2-10-12(13(7)21)14(22)15(24-10)17(27)23-5-11(25)6-3-8(19)16(26)9(20)4-6/h1-4,11,24-26H,5H2,(H,23,27)/t11-/m1/s1. The second kappa shape index (κ2) is 8.54. The number of aromatic nitrogens is 1. The summed E-state index contributed by atoms with van der Waals surface area (Å²) in [6, 6.07) is 6.95. The van der Waals surface area contributed by atoms with Crippen LogP contribution in [0.15, 0.2) is 46.6 Å². The highest BCUT2D eigenvalue weighted by molar-refractivity contribution is 9.13. The van der Waals surface area contributed by atoms with Gasteiger partial charge in [-0.3, -0.25) is 4.79 Å². The second-order valence-corrected chi connectivity index (χ2v) is 9.81. The summed E-state index contributed by atoms with van der Waals surface area (Å²) in [5, 5.41) is 23.7. The quantitative estimate of drug-likeness (QED) is 0.265. The number of halogens is 5. The maximum absolute atomic E-state index is 12.6. The van der Waals surface area contributed by atoms with Gasteiger partial charge in [-0.15, -0.1) is 0 Å². The van der Waals surface area contributed by atoms with Crippen molar-refractivity contribution in [3.63, 3.8) is 0 Å². The molecule has 0 fully saturated rings. The molecule has 5 nitrogen and oxygen atoms in total. The summed E-state index contributed by atoms with van der Waals surface area (Å²) in [5.41, 5.74) is 1.72. The molecule has 142 valence electrons. The number of H-pyrrole nitrogens is 1. The normalized spacial score (nSPS) is 12.4. The first-order chi connectivity index (χ1) is 12.7. The van der Waals surface area contributed by atoms with E-state index in [1.807, 2.05) is 12.1 Å². The van der Waals surface area contributed by atoms with Crippen LogP contribution in [0.25, 0.3) is 10.9 Å². The van der Waals surface area contributed by atoms with Crippen molar-refractivity contribution in [2.75, 3.05) is 6.54 Å². The molecule has 10 heteroatoms. The number of hydrogen-bond donors (Lipinski definition) is 4. The first kappa shape index (κ1) is 21.3. The van der Waals surface area contributed by atoms with Crippen LogP contribution >= 0.6 is 79.6 Å². The summed E-state index contributed by atoms with van der Waals surface area (Å²) in [6.07, 6.45) is -0.939. The fraction of sp³-hybridized carbons (Fsp3) is 0.118. The highest BCUT2D eigenvalue weighted by Crippen LogP contribution is 2.38. The summed E-state index contributed by atoms with van der Waals surface area (Å²) in [7, 11) is 0. The lowest BCUT2D eigenvalue weighted by Gasteiger charge is -2.14. The molecule has 4 N–H and O–H groups in total. The van der Waals surface area contributed by atoms with Gasteiger partial charge in [0.25, 0.3) is 5.91 Å². The fourth-order valence-electron chi connectivity index (χ4n) is 2.51. The highest BCUT2D eigenvalue weighted by Gasteiger charge is 2.20. The number of phenols is 1. The third-order valence-electron chi connectivity index (χ3n) is 3.90. The van der Waals surface area contributed by atoms with Crippen LogP contribution in [0.4, 0.5) is 0 Å². The SMILES string of the molecule is O=C(NC[C@@H](O)c1cc(Br)c(O)c(Br)c1)c1[nH]c2ccc(Br)c(Br)c2c1Br. The van der Waals surface area contributed by atoms with E-state index in [0.29, 0.717) is 24.7 Å². The molecule has 1 atom stereocenters. The van der Waals surface area contributed by atoms with Gasteiger partial charge in [-0.25, -0.2) is 0 Å². The van der Waals surface area contributed by atoms with E-state index in [1.54, 1.807) is 12.1 Å². The lowest BCUT2D eigenvalue weighted by atomic mass is 10.1. The molecule has 0 spiro atoms. The summed E-state index contributed by atoms with van der Waals surface area (Å²) in [5.74, 6) is -0.300. The maximum atomic E-state index is 12.6. The Balaban J connectivity index is 1.79. The number of carbonyl (C=O) groups is 1. The minimum Gasteiger partial charge on any atom is -0.506 e. The number of carbonyl (C=O) groups excluding carboxylic acids is 1. The van der Waals surface area contributed by atoms with Crippen LogP contribution in [0.5, 0.6) is 5.75 Å². The van der Waals surface area contributed by atoms with Crippen LogP contribution in [0.1, 0.15) is 22.2 Å².